The van der Waals surface area contributed by atoms with Gasteiger partial charge in [-0.3, -0.25) is 0 Å². The predicted molar refractivity (Wildman–Crippen MR) is 83.9 cm³/mol. The maximum absolute atomic E-state index is 6.22. The molecule has 1 fully saturated rings. The molecule has 0 amide bonds. The number of alkyl halides is 1. The van der Waals surface area contributed by atoms with Crippen molar-refractivity contribution in [2.45, 2.75) is 50.5 Å². The molecule has 0 aromatic heterocycles. The molecule has 0 radical (unpaired) electrons. The number of benzene rings is 1. The van der Waals surface area contributed by atoms with Crippen molar-refractivity contribution in [3.05, 3.63) is 29.3 Å². The number of ether oxygens (including phenoxy) is 1. The van der Waals surface area contributed by atoms with Crippen LogP contribution >= 0.6 is 11.6 Å². The van der Waals surface area contributed by atoms with Crippen LogP contribution < -0.4 is 10.1 Å². The van der Waals surface area contributed by atoms with Gasteiger partial charge in [-0.1, -0.05) is 31.4 Å². The summed E-state index contributed by atoms with van der Waals surface area (Å²) in [5.41, 5.74) is 2.97. The smallest absolute Gasteiger partial charge is 0.122 e. The minimum absolute atomic E-state index is 0.194. The van der Waals surface area contributed by atoms with E-state index in [2.05, 4.69) is 23.5 Å². The lowest BCUT2D eigenvalue weighted by Crippen LogP contribution is -2.49. The van der Waals surface area contributed by atoms with Crippen LogP contribution in [0.25, 0.3) is 0 Å². The molecule has 3 heteroatoms. The fourth-order valence-corrected chi connectivity index (χ4v) is 3.82. The molecule has 1 aliphatic carbocycles. The zero-order chi connectivity index (χ0) is 13.8. The van der Waals surface area contributed by atoms with E-state index < -0.39 is 0 Å². The highest BCUT2D eigenvalue weighted by atomic mass is 35.5. The molecule has 0 saturated heterocycles. The highest BCUT2D eigenvalue weighted by Gasteiger charge is 2.30. The first-order valence-corrected chi connectivity index (χ1v) is 8.40. The second-order valence-electron chi connectivity index (χ2n) is 6.19. The van der Waals surface area contributed by atoms with E-state index >= 15 is 0 Å². The molecule has 3 rings (SSSR count). The molecule has 1 N–H and O–H groups in total. The highest BCUT2D eigenvalue weighted by Crippen LogP contribution is 2.29. The van der Waals surface area contributed by atoms with Crippen LogP contribution in [0.3, 0.4) is 0 Å². The van der Waals surface area contributed by atoms with E-state index in [1.165, 1.54) is 43.2 Å². The fraction of sp³-hybridized carbons (Fsp3) is 0.647. The quantitative estimate of drug-likeness (QED) is 0.836. The lowest BCUT2D eigenvalue weighted by atomic mass is 9.83. The van der Waals surface area contributed by atoms with Crippen LogP contribution in [-0.2, 0) is 12.8 Å². The van der Waals surface area contributed by atoms with E-state index in [4.69, 9.17) is 16.3 Å². The first-order chi connectivity index (χ1) is 9.81. The number of hydrogen-bond acceptors (Lipinski definition) is 2. The highest BCUT2D eigenvalue weighted by molar-refractivity contribution is 6.18. The largest absolute Gasteiger partial charge is 0.493 e. The van der Waals surface area contributed by atoms with Gasteiger partial charge in [0.1, 0.15) is 5.75 Å². The Bertz CT molecular complexity index is 454. The van der Waals surface area contributed by atoms with E-state index in [0.29, 0.717) is 0 Å². The van der Waals surface area contributed by atoms with Crippen molar-refractivity contribution in [1.29, 1.82) is 0 Å². The Morgan fingerprint density at radius 1 is 1.20 bits per heavy atom. The molecule has 20 heavy (non-hydrogen) atoms. The Morgan fingerprint density at radius 2 is 2.05 bits per heavy atom. The first-order valence-electron chi connectivity index (χ1n) is 7.87. The summed E-state index contributed by atoms with van der Waals surface area (Å²) in [6.07, 6.45) is 8.59. The molecular formula is C17H24ClNO. The van der Waals surface area contributed by atoms with E-state index in [0.717, 1.165) is 37.6 Å². The van der Waals surface area contributed by atoms with Crippen LogP contribution in [0.2, 0.25) is 0 Å². The van der Waals surface area contributed by atoms with Gasteiger partial charge >= 0.3 is 0 Å². The van der Waals surface area contributed by atoms with Crippen LogP contribution in [0.1, 0.15) is 43.2 Å². The molecule has 1 aliphatic heterocycles. The zero-order valence-electron chi connectivity index (χ0n) is 12.1. The summed E-state index contributed by atoms with van der Waals surface area (Å²) in [6.45, 7) is 1.86. The van der Waals surface area contributed by atoms with Crippen LogP contribution in [0.5, 0.6) is 5.75 Å². The van der Waals surface area contributed by atoms with Gasteiger partial charge in [0.25, 0.3) is 0 Å². The fourth-order valence-electron chi connectivity index (χ4n) is 3.45. The average molecular weight is 294 g/mol. The molecule has 2 nitrogen and oxygen atoms in total. The van der Waals surface area contributed by atoms with Crippen molar-refractivity contribution in [1.82, 2.24) is 5.32 Å². The second-order valence-corrected chi connectivity index (χ2v) is 6.46. The molecule has 0 spiro atoms. The van der Waals surface area contributed by atoms with Gasteiger partial charge in [0.2, 0.25) is 0 Å². The SMILES string of the molecule is ClCC1(NCCc2ccc3c(c2)CCO3)CCCCC1. The van der Waals surface area contributed by atoms with Gasteiger partial charge in [-0.2, -0.15) is 0 Å². The van der Waals surface area contributed by atoms with Crippen molar-refractivity contribution in [3.8, 4) is 5.75 Å². The van der Waals surface area contributed by atoms with Crippen LogP contribution in [-0.4, -0.2) is 24.6 Å². The van der Waals surface area contributed by atoms with Gasteiger partial charge in [0, 0.05) is 17.8 Å². The number of fused-ring (bicyclic) bond motifs is 1. The summed E-state index contributed by atoms with van der Waals surface area (Å²) in [7, 11) is 0. The minimum atomic E-state index is 0.194. The molecule has 0 atom stereocenters. The van der Waals surface area contributed by atoms with Crippen molar-refractivity contribution in [2.24, 2.45) is 0 Å². The summed E-state index contributed by atoms with van der Waals surface area (Å²) in [6, 6.07) is 6.62. The summed E-state index contributed by atoms with van der Waals surface area (Å²) in [5.74, 6) is 1.82. The zero-order valence-corrected chi connectivity index (χ0v) is 12.8. The van der Waals surface area contributed by atoms with Gasteiger partial charge in [-0.25, -0.2) is 0 Å². The minimum Gasteiger partial charge on any atom is -0.493 e. The third-order valence-electron chi connectivity index (χ3n) is 4.73. The lowest BCUT2D eigenvalue weighted by Gasteiger charge is -2.36. The molecular weight excluding hydrogens is 270 g/mol. The molecule has 1 aromatic rings. The Morgan fingerprint density at radius 3 is 2.85 bits per heavy atom. The third-order valence-corrected chi connectivity index (χ3v) is 5.25. The molecule has 0 bridgehead atoms. The van der Waals surface area contributed by atoms with E-state index in [1.54, 1.807) is 0 Å². The van der Waals surface area contributed by atoms with Crippen molar-refractivity contribution in [3.63, 3.8) is 0 Å². The number of rotatable bonds is 5. The van der Waals surface area contributed by atoms with Crippen LogP contribution in [0, 0.1) is 0 Å². The van der Waals surface area contributed by atoms with E-state index in [1.807, 2.05) is 0 Å². The van der Waals surface area contributed by atoms with Crippen LogP contribution in [0.15, 0.2) is 18.2 Å². The molecule has 1 saturated carbocycles. The van der Waals surface area contributed by atoms with E-state index in [-0.39, 0.29) is 5.54 Å². The maximum atomic E-state index is 6.22. The predicted octanol–water partition coefficient (Wildman–Crippen LogP) is 3.70. The van der Waals surface area contributed by atoms with Crippen molar-refractivity contribution < 1.29 is 4.74 Å². The van der Waals surface area contributed by atoms with Crippen molar-refractivity contribution >= 4 is 11.6 Å². The normalized spacial score (nSPS) is 20.4. The van der Waals surface area contributed by atoms with Gasteiger partial charge in [0.15, 0.2) is 0 Å². The second kappa shape index (κ2) is 6.36. The lowest BCUT2D eigenvalue weighted by molar-refractivity contribution is 0.260. The Hall–Kier alpha value is -0.730. The summed E-state index contributed by atoms with van der Waals surface area (Å²) in [5, 5.41) is 3.74. The topological polar surface area (TPSA) is 21.3 Å². The number of halogens is 1. The maximum Gasteiger partial charge on any atom is 0.122 e. The average Bonchev–Trinajstić information content (AvgIpc) is 2.96. The van der Waals surface area contributed by atoms with Gasteiger partial charge in [0.05, 0.1) is 6.61 Å². The van der Waals surface area contributed by atoms with Gasteiger partial charge in [-0.05, 0) is 43.0 Å². The Kier molecular flexibility index (Phi) is 4.52. The summed E-state index contributed by atoms with van der Waals surface area (Å²) < 4.78 is 5.55. The molecule has 0 unspecified atom stereocenters. The van der Waals surface area contributed by atoms with Crippen molar-refractivity contribution in [2.75, 3.05) is 19.0 Å². The monoisotopic (exact) mass is 293 g/mol. The molecule has 2 aliphatic rings. The third kappa shape index (κ3) is 3.12. The van der Waals surface area contributed by atoms with Gasteiger partial charge < -0.3 is 10.1 Å². The Labute approximate surface area is 126 Å². The number of nitrogens with one attached hydrogen (secondary N) is 1. The van der Waals surface area contributed by atoms with Gasteiger partial charge in [-0.15, -0.1) is 11.6 Å². The molecule has 1 heterocycles. The van der Waals surface area contributed by atoms with Crippen LogP contribution in [0.4, 0.5) is 0 Å². The van der Waals surface area contributed by atoms with E-state index in [9.17, 15) is 0 Å². The first kappa shape index (κ1) is 14.2. The summed E-state index contributed by atoms with van der Waals surface area (Å²) in [4.78, 5) is 0. The summed E-state index contributed by atoms with van der Waals surface area (Å²) >= 11 is 6.22. The number of hydrogen-bond donors (Lipinski definition) is 1. The molecule has 110 valence electrons. The Balaban J connectivity index is 1.54. The molecule has 1 aromatic carbocycles. The standard InChI is InChI=1S/C17H24ClNO/c18-13-17(8-2-1-3-9-17)19-10-6-14-4-5-16-15(12-14)7-11-20-16/h4-5,12,19H,1-3,6-11,13H2.